The fourth-order valence-corrected chi connectivity index (χ4v) is 4.20. The zero-order valence-electron chi connectivity index (χ0n) is 13.5. The second kappa shape index (κ2) is 6.84. The Hall–Kier alpha value is -3.02. The van der Waals surface area contributed by atoms with Gasteiger partial charge < -0.3 is 0 Å². The van der Waals surface area contributed by atoms with E-state index >= 15 is 0 Å². The van der Waals surface area contributed by atoms with Crippen LogP contribution < -0.4 is 0 Å². The summed E-state index contributed by atoms with van der Waals surface area (Å²) in [4.78, 5) is 2.16. The molecule has 0 aromatic heterocycles. The Morgan fingerprint density at radius 3 is 1.92 bits per heavy atom. The van der Waals surface area contributed by atoms with Gasteiger partial charge in [-0.15, -0.1) is 0 Å². The van der Waals surface area contributed by atoms with Crippen molar-refractivity contribution in [1.29, 1.82) is 5.26 Å². The number of thioether (sulfide) groups is 1. The number of nitriles is 1. The molecule has 4 aromatic rings. The summed E-state index contributed by atoms with van der Waals surface area (Å²) >= 11 is 1.66. The Balaban J connectivity index is 1.95. The zero-order chi connectivity index (χ0) is 17.1. The summed E-state index contributed by atoms with van der Waals surface area (Å²) in [6.45, 7) is 0. The van der Waals surface area contributed by atoms with Crippen LogP contribution in [-0.4, -0.2) is 0 Å². The van der Waals surface area contributed by atoms with E-state index in [-0.39, 0.29) is 0 Å². The average molecular weight is 337 g/mol. The Morgan fingerprint density at radius 2 is 1.32 bits per heavy atom. The van der Waals surface area contributed by atoms with Gasteiger partial charge in [0, 0.05) is 15.9 Å². The van der Waals surface area contributed by atoms with Gasteiger partial charge in [-0.1, -0.05) is 90.6 Å². The third kappa shape index (κ3) is 3.03. The van der Waals surface area contributed by atoms with E-state index in [1.54, 1.807) is 17.8 Å². The fraction of sp³-hybridized carbons (Fsp3) is 0. The van der Waals surface area contributed by atoms with Gasteiger partial charge >= 0.3 is 0 Å². The minimum absolute atomic E-state index is 0.963. The van der Waals surface area contributed by atoms with Crippen LogP contribution in [0.15, 0.2) is 95.9 Å². The molecular formula is C23H15NS. The molecule has 4 rings (SSSR count). The average Bonchev–Trinajstić information content (AvgIpc) is 2.68. The molecule has 4 aromatic carbocycles. The standard InChI is InChI=1S/C23H15NS/c24-15-14-22(17-8-2-1-3-9-17)25-23-20-12-6-4-10-18(20)16-19-11-5-7-13-21(19)23/h1-14,16H/b22-14+. The number of hydrogen-bond donors (Lipinski definition) is 0. The third-order valence-corrected chi connectivity index (χ3v) is 5.41. The lowest BCUT2D eigenvalue weighted by atomic mass is 10.0. The van der Waals surface area contributed by atoms with Crippen molar-refractivity contribution >= 4 is 38.2 Å². The molecule has 2 heteroatoms. The Labute approximate surface area is 151 Å². The molecule has 0 fully saturated rings. The number of nitrogens with zero attached hydrogens (tertiary/aromatic N) is 1. The first kappa shape index (κ1) is 15.5. The van der Waals surface area contributed by atoms with Crippen LogP contribution in [-0.2, 0) is 0 Å². The summed E-state index contributed by atoms with van der Waals surface area (Å²) in [7, 11) is 0. The minimum Gasteiger partial charge on any atom is -0.193 e. The summed E-state index contributed by atoms with van der Waals surface area (Å²) in [6, 6.07) is 31.4. The highest BCUT2D eigenvalue weighted by Gasteiger charge is 2.11. The van der Waals surface area contributed by atoms with Crippen LogP contribution in [0.4, 0.5) is 0 Å². The lowest BCUT2D eigenvalue weighted by molar-refractivity contribution is 1.53. The van der Waals surface area contributed by atoms with Crippen LogP contribution in [0.3, 0.4) is 0 Å². The number of benzene rings is 4. The maximum absolute atomic E-state index is 9.26. The summed E-state index contributed by atoms with van der Waals surface area (Å²) in [5, 5.41) is 14.1. The van der Waals surface area contributed by atoms with Crippen molar-refractivity contribution in [3.05, 3.63) is 96.6 Å². The first-order valence-electron chi connectivity index (χ1n) is 8.10. The Morgan fingerprint density at radius 1 is 0.760 bits per heavy atom. The number of allylic oxidation sites excluding steroid dienone is 1. The lowest BCUT2D eigenvalue weighted by Gasteiger charge is -2.13. The molecule has 0 saturated heterocycles. The van der Waals surface area contributed by atoms with E-state index in [0.29, 0.717) is 0 Å². The molecule has 118 valence electrons. The predicted octanol–water partition coefficient (Wildman–Crippen LogP) is 6.65. The first-order valence-corrected chi connectivity index (χ1v) is 8.92. The summed E-state index contributed by atoms with van der Waals surface area (Å²) in [6.07, 6.45) is 1.64. The molecule has 1 nitrogen and oxygen atoms in total. The predicted molar refractivity (Wildman–Crippen MR) is 107 cm³/mol. The molecule has 0 heterocycles. The van der Waals surface area contributed by atoms with Crippen LogP contribution >= 0.6 is 11.8 Å². The molecule has 0 bridgehead atoms. The fourth-order valence-electron chi connectivity index (χ4n) is 3.02. The van der Waals surface area contributed by atoms with Crippen molar-refractivity contribution in [1.82, 2.24) is 0 Å². The molecule has 25 heavy (non-hydrogen) atoms. The molecule has 0 aliphatic rings. The molecule has 0 spiro atoms. The maximum atomic E-state index is 9.26. The highest BCUT2D eigenvalue weighted by Crippen LogP contribution is 2.42. The van der Waals surface area contributed by atoms with E-state index in [2.05, 4.69) is 60.7 Å². The second-order valence-electron chi connectivity index (χ2n) is 5.75. The molecule has 0 N–H and O–H groups in total. The van der Waals surface area contributed by atoms with Gasteiger partial charge in [-0.05, 0) is 33.2 Å². The Kier molecular flexibility index (Phi) is 4.24. The molecule has 0 amide bonds. The third-order valence-electron chi connectivity index (χ3n) is 4.19. The Bertz CT molecular complexity index is 1070. The smallest absolute Gasteiger partial charge is 0.0924 e. The van der Waals surface area contributed by atoms with E-state index in [0.717, 1.165) is 10.5 Å². The monoisotopic (exact) mass is 337 g/mol. The molecule has 0 aliphatic heterocycles. The highest BCUT2D eigenvalue weighted by atomic mass is 32.2. The first-order chi connectivity index (χ1) is 12.4. The van der Waals surface area contributed by atoms with Gasteiger partial charge in [0.05, 0.1) is 6.07 Å². The second-order valence-corrected chi connectivity index (χ2v) is 6.81. The van der Waals surface area contributed by atoms with Gasteiger partial charge in [0.25, 0.3) is 0 Å². The van der Waals surface area contributed by atoms with E-state index in [4.69, 9.17) is 0 Å². The number of rotatable bonds is 3. The van der Waals surface area contributed by atoms with Crippen molar-refractivity contribution in [3.63, 3.8) is 0 Å². The molecule has 0 unspecified atom stereocenters. The number of hydrogen-bond acceptors (Lipinski definition) is 2. The van der Waals surface area contributed by atoms with Crippen molar-refractivity contribution in [2.75, 3.05) is 0 Å². The van der Waals surface area contributed by atoms with Crippen molar-refractivity contribution < 1.29 is 0 Å². The van der Waals surface area contributed by atoms with Gasteiger partial charge in [-0.3, -0.25) is 0 Å². The van der Waals surface area contributed by atoms with Crippen LogP contribution in [0.1, 0.15) is 5.56 Å². The van der Waals surface area contributed by atoms with Crippen LogP contribution in [0, 0.1) is 11.3 Å². The topological polar surface area (TPSA) is 23.8 Å². The van der Waals surface area contributed by atoms with E-state index in [1.165, 1.54) is 26.4 Å². The van der Waals surface area contributed by atoms with E-state index < -0.39 is 0 Å². The van der Waals surface area contributed by atoms with Gasteiger partial charge in [-0.2, -0.15) is 5.26 Å². The van der Waals surface area contributed by atoms with Crippen molar-refractivity contribution in [2.45, 2.75) is 4.90 Å². The molecule has 0 atom stereocenters. The summed E-state index contributed by atoms with van der Waals surface area (Å²) in [5.74, 6) is 0. The van der Waals surface area contributed by atoms with Crippen molar-refractivity contribution in [2.24, 2.45) is 0 Å². The van der Waals surface area contributed by atoms with Crippen molar-refractivity contribution in [3.8, 4) is 6.07 Å². The largest absolute Gasteiger partial charge is 0.193 e. The SMILES string of the molecule is N#C/C=C(/Sc1c2ccccc2cc2ccccc12)c1ccccc1. The minimum atomic E-state index is 0.963. The summed E-state index contributed by atoms with van der Waals surface area (Å²) < 4.78 is 0. The maximum Gasteiger partial charge on any atom is 0.0924 e. The normalized spacial score (nSPS) is 11.6. The van der Waals surface area contributed by atoms with Gasteiger partial charge in [0.2, 0.25) is 0 Å². The summed E-state index contributed by atoms with van der Waals surface area (Å²) in [5.41, 5.74) is 1.06. The van der Waals surface area contributed by atoms with E-state index in [9.17, 15) is 5.26 Å². The highest BCUT2D eigenvalue weighted by molar-refractivity contribution is 8.08. The molecule has 0 saturated carbocycles. The zero-order valence-corrected chi connectivity index (χ0v) is 14.3. The molecule has 0 radical (unpaired) electrons. The van der Waals surface area contributed by atoms with Crippen LogP contribution in [0.5, 0.6) is 0 Å². The van der Waals surface area contributed by atoms with Crippen LogP contribution in [0.25, 0.3) is 26.5 Å². The van der Waals surface area contributed by atoms with E-state index in [1.807, 2.05) is 30.3 Å². The van der Waals surface area contributed by atoms with Gasteiger partial charge in [0.15, 0.2) is 0 Å². The lowest BCUT2D eigenvalue weighted by Crippen LogP contribution is -1.85. The van der Waals surface area contributed by atoms with Crippen LogP contribution in [0.2, 0.25) is 0 Å². The molecular weight excluding hydrogens is 322 g/mol. The van der Waals surface area contributed by atoms with Gasteiger partial charge in [0.1, 0.15) is 0 Å². The van der Waals surface area contributed by atoms with Gasteiger partial charge in [-0.25, -0.2) is 0 Å². The molecule has 0 aliphatic carbocycles. The number of fused-ring (bicyclic) bond motifs is 2. The quantitative estimate of drug-likeness (QED) is 0.237.